The van der Waals surface area contributed by atoms with Crippen molar-refractivity contribution < 1.29 is 4.42 Å². The minimum Gasteiger partial charge on any atom is -0.445 e. The Kier molecular flexibility index (Phi) is 3.34. The average Bonchev–Trinajstić information content (AvgIpc) is 3.09. The lowest BCUT2D eigenvalue weighted by Gasteiger charge is -2.06. The molecule has 0 aliphatic heterocycles. The molecule has 1 aromatic carbocycles. The molecule has 0 saturated carbocycles. The molecule has 0 amide bonds. The van der Waals surface area contributed by atoms with Gasteiger partial charge in [-0.25, -0.2) is 4.98 Å². The van der Waals surface area contributed by atoms with Gasteiger partial charge >= 0.3 is 0 Å². The third-order valence-corrected chi connectivity index (χ3v) is 4.89. The first kappa shape index (κ1) is 14.3. The number of aromatic nitrogens is 4. The van der Waals surface area contributed by atoms with E-state index in [-0.39, 0.29) is 0 Å². The molecule has 3 aromatic heterocycles. The molecule has 0 radical (unpaired) electrons. The van der Waals surface area contributed by atoms with Gasteiger partial charge in [-0.3, -0.25) is 4.40 Å². The second-order valence-electron chi connectivity index (χ2n) is 5.56. The van der Waals surface area contributed by atoms with Gasteiger partial charge in [0.1, 0.15) is 5.76 Å². The standard InChI is InChI=1S/C17H16N4OS/c1-10-8-15-19-20-17(21(15)14-7-5-4-6-13(10)14)23-9-16-18-11(2)12(3)22-16/h4-8H,9H2,1-3H3. The molecule has 0 saturated heterocycles. The Morgan fingerprint density at radius 3 is 2.74 bits per heavy atom. The summed E-state index contributed by atoms with van der Waals surface area (Å²) < 4.78 is 7.73. The Labute approximate surface area is 137 Å². The van der Waals surface area contributed by atoms with E-state index in [1.165, 1.54) is 10.9 Å². The van der Waals surface area contributed by atoms with E-state index in [1.54, 1.807) is 11.8 Å². The van der Waals surface area contributed by atoms with Gasteiger partial charge in [-0.1, -0.05) is 30.0 Å². The molecule has 0 aliphatic rings. The summed E-state index contributed by atoms with van der Waals surface area (Å²) in [6.45, 7) is 5.98. The molecule has 0 N–H and O–H groups in total. The second-order valence-corrected chi connectivity index (χ2v) is 6.50. The van der Waals surface area contributed by atoms with Crippen LogP contribution < -0.4 is 0 Å². The highest BCUT2D eigenvalue weighted by atomic mass is 32.2. The normalized spacial score (nSPS) is 11.6. The van der Waals surface area contributed by atoms with Crippen LogP contribution in [0.1, 0.15) is 22.9 Å². The third-order valence-electron chi connectivity index (χ3n) is 3.97. The van der Waals surface area contributed by atoms with E-state index in [4.69, 9.17) is 4.42 Å². The van der Waals surface area contributed by atoms with Crippen LogP contribution in [0.2, 0.25) is 0 Å². The minimum atomic E-state index is 0.637. The monoisotopic (exact) mass is 324 g/mol. The molecular weight excluding hydrogens is 308 g/mol. The van der Waals surface area contributed by atoms with Crippen molar-refractivity contribution >= 4 is 28.3 Å². The summed E-state index contributed by atoms with van der Waals surface area (Å²) in [6.07, 6.45) is 0. The van der Waals surface area contributed by atoms with Crippen molar-refractivity contribution in [2.24, 2.45) is 0 Å². The summed E-state index contributed by atoms with van der Waals surface area (Å²) in [6, 6.07) is 10.4. The molecular formula is C17H16N4OS. The molecule has 6 heteroatoms. The summed E-state index contributed by atoms with van der Waals surface area (Å²) in [5.74, 6) is 2.23. The van der Waals surface area contributed by atoms with Gasteiger partial charge in [-0.2, -0.15) is 0 Å². The summed E-state index contributed by atoms with van der Waals surface area (Å²) in [5.41, 5.74) is 4.13. The zero-order chi connectivity index (χ0) is 16.0. The molecule has 5 nitrogen and oxygen atoms in total. The van der Waals surface area contributed by atoms with Crippen LogP contribution in [0.25, 0.3) is 16.6 Å². The van der Waals surface area contributed by atoms with Crippen LogP contribution >= 0.6 is 11.8 Å². The van der Waals surface area contributed by atoms with E-state index in [9.17, 15) is 0 Å². The molecule has 4 rings (SSSR count). The minimum absolute atomic E-state index is 0.637. The first-order valence-corrected chi connectivity index (χ1v) is 8.41. The number of rotatable bonds is 3. The number of para-hydroxylation sites is 1. The molecule has 0 fully saturated rings. The highest BCUT2D eigenvalue weighted by molar-refractivity contribution is 7.98. The van der Waals surface area contributed by atoms with Crippen LogP contribution in [0.15, 0.2) is 39.9 Å². The van der Waals surface area contributed by atoms with Gasteiger partial charge in [0.2, 0.25) is 5.89 Å². The van der Waals surface area contributed by atoms with Crippen molar-refractivity contribution in [3.8, 4) is 0 Å². The van der Waals surface area contributed by atoms with Gasteiger partial charge in [0.15, 0.2) is 10.8 Å². The van der Waals surface area contributed by atoms with Gasteiger partial charge < -0.3 is 4.42 Å². The largest absolute Gasteiger partial charge is 0.445 e. The summed E-state index contributed by atoms with van der Waals surface area (Å²) in [7, 11) is 0. The maximum Gasteiger partial charge on any atom is 0.205 e. The smallest absolute Gasteiger partial charge is 0.205 e. The van der Waals surface area contributed by atoms with Crippen molar-refractivity contribution in [2.45, 2.75) is 31.7 Å². The number of hydrogen-bond acceptors (Lipinski definition) is 5. The van der Waals surface area contributed by atoms with Crippen molar-refractivity contribution in [3.05, 3.63) is 53.2 Å². The van der Waals surface area contributed by atoms with E-state index in [0.29, 0.717) is 5.75 Å². The van der Waals surface area contributed by atoms with Crippen LogP contribution in [-0.2, 0) is 5.75 Å². The summed E-state index contributed by atoms with van der Waals surface area (Å²) >= 11 is 1.59. The Morgan fingerprint density at radius 2 is 1.96 bits per heavy atom. The first-order chi connectivity index (χ1) is 11.1. The van der Waals surface area contributed by atoms with Crippen molar-refractivity contribution in [1.29, 1.82) is 0 Å². The lowest BCUT2D eigenvalue weighted by atomic mass is 10.1. The number of thioether (sulfide) groups is 1. The van der Waals surface area contributed by atoms with Crippen LogP contribution in [0, 0.1) is 20.8 Å². The Morgan fingerprint density at radius 1 is 1.13 bits per heavy atom. The van der Waals surface area contributed by atoms with E-state index in [1.807, 2.05) is 19.9 Å². The van der Waals surface area contributed by atoms with E-state index >= 15 is 0 Å². The van der Waals surface area contributed by atoms with Gasteiger partial charge in [0, 0.05) is 5.39 Å². The van der Waals surface area contributed by atoms with Crippen LogP contribution in [0.4, 0.5) is 0 Å². The van der Waals surface area contributed by atoms with E-state index in [2.05, 4.69) is 50.8 Å². The number of nitrogens with zero attached hydrogens (tertiary/aromatic N) is 4. The highest BCUT2D eigenvalue weighted by Gasteiger charge is 2.13. The molecule has 0 unspecified atom stereocenters. The number of pyridine rings is 1. The summed E-state index contributed by atoms with van der Waals surface area (Å²) in [4.78, 5) is 4.42. The molecule has 4 aromatic rings. The molecule has 0 bridgehead atoms. The highest BCUT2D eigenvalue weighted by Crippen LogP contribution is 2.27. The molecule has 0 spiro atoms. The van der Waals surface area contributed by atoms with Gasteiger partial charge in [-0.15, -0.1) is 10.2 Å². The predicted molar refractivity (Wildman–Crippen MR) is 90.8 cm³/mol. The average molecular weight is 324 g/mol. The van der Waals surface area contributed by atoms with Crippen LogP contribution in [-0.4, -0.2) is 19.6 Å². The van der Waals surface area contributed by atoms with Gasteiger partial charge in [0.25, 0.3) is 0 Å². The lowest BCUT2D eigenvalue weighted by Crippen LogP contribution is -1.93. The fraction of sp³-hybridized carbons (Fsp3) is 0.235. The third kappa shape index (κ3) is 2.39. The molecule has 3 heterocycles. The number of fused-ring (bicyclic) bond motifs is 3. The number of aryl methyl sites for hydroxylation is 3. The maximum absolute atomic E-state index is 5.64. The first-order valence-electron chi connectivity index (χ1n) is 7.42. The van der Waals surface area contributed by atoms with Gasteiger partial charge in [0.05, 0.1) is 17.0 Å². The Bertz CT molecular complexity index is 999. The van der Waals surface area contributed by atoms with Crippen LogP contribution in [0.3, 0.4) is 0 Å². The number of hydrogen-bond donors (Lipinski definition) is 0. The molecule has 0 atom stereocenters. The zero-order valence-electron chi connectivity index (χ0n) is 13.2. The van der Waals surface area contributed by atoms with E-state index < -0.39 is 0 Å². The Hall–Kier alpha value is -2.34. The number of benzene rings is 1. The van der Waals surface area contributed by atoms with E-state index in [0.717, 1.165) is 33.7 Å². The van der Waals surface area contributed by atoms with Crippen molar-refractivity contribution in [2.75, 3.05) is 0 Å². The number of oxazole rings is 1. The SMILES string of the molecule is Cc1nc(CSc2nnc3cc(C)c4ccccc4n23)oc1C. The quantitative estimate of drug-likeness (QED) is 0.531. The lowest BCUT2D eigenvalue weighted by molar-refractivity contribution is 0.489. The second kappa shape index (κ2) is 5.38. The fourth-order valence-electron chi connectivity index (χ4n) is 2.70. The predicted octanol–water partition coefficient (Wildman–Crippen LogP) is 4.09. The van der Waals surface area contributed by atoms with Gasteiger partial charge in [-0.05, 0) is 38.5 Å². The topological polar surface area (TPSA) is 56.2 Å². The fourth-order valence-corrected chi connectivity index (χ4v) is 3.49. The molecule has 0 aliphatic carbocycles. The maximum atomic E-state index is 5.64. The van der Waals surface area contributed by atoms with Crippen LogP contribution in [0.5, 0.6) is 0 Å². The molecule has 23 heavy (non-hydrogen) atoms. The Balaban J connectivity index is 1.77. The summed E-state index contributed by atoms with van der Waals surface area (Å²) in [5, 5.41) is 10.7. The van der Waals surface area contributed by atoms with Crippen molar-refractivity contribution in [3.63, 3.8) is 0 Å². The van der Waals surface area contributed by atoms with Crippen molar-refractivity contribution in [1.82, 2.24) is 19.6 Å². The zero-order valence-corrected chi connectivity index (χ0v) is 14.0. The molecule has 116 valence electrons.